The van der Waals surface area contributed by atoms with Gasteiger partial charge in [0.15, 0.2) is 0 Å². The van der Waals surface area contributed by atoms with Crippen LogP contribution in [0.3, 0.4) is 0 Å². The van der Waals surface area contributed by atoms with Crippen molar-refractivity contribution in [3.8, 4) is 5.75 Å². The van der Waals surface area contributed by atoms with Crippen molar-refractivity contribution in [2.75, 3.05) is 7.11 Å². The Bertz CT molecular complexity index is 357. The maximum Gasteiger partial charge on any atom is 0.308 e. The highest BCUT2D eigenvalue weighted by atomic mass is 16.5. The van der Waals surface area contributed by atoms with E-state index in [-0.39, 0.29) is 11.9 Å². The van der Waals surface area contributed by atoms with Gasteiger partial charge in [0.1, 0.15) is 12.4 Å². The van der Waals surface area contributed by atoms with Crippen molar-refractivity contribution in [1.29, 1.82) is 0 Å². The van der Waals surface area contributed by atoms with Gasteiger partial charge in [-0.3, -0.25) is 4.79 Å². The molecule has 0 aliphatic heterocycles. The predicted octanol–water partition coefficient (Wildman–Crippen LogP) is 3.56. The molecular formula is C15H22O3. The topological polar surface area (TPSA) is 35.5 Å². The lowest BCUT2D eigenvalue weighted by Crippen LogP contribution is -2.14. The summed E-state index contributed by atoms with van der Waals surface area (Å²) in [6, 6.07) is 7.54. The number of unbranched alkanes of at least 4 members (excludes halogenated alkanes) is 1. The largest absolute Gasteiger partial charge is 0.497 e. The van der Waals surface area contributed by atoms with E-state index in [1.165, 1.54) is 0 Å². The summed E-state index contributed by atoms with van der Waals surface area (Å²) >= 11 is 0. The second-order valence-corrected chi connectivity index (χ2v) is 4.50. The van der Waals surface area contributed by atoms with Crippen molar-refractivity contribution in [2.45, 2.75) is 39.7 Å². The fourth-order valence-electron chi connectivity index (χ4n) is 1.65. The van der Waals surface area contributed by atoms with Crippen LogP contribution in [0.25, 0.3) is 0 Å². The van der Waals surface area contributed by atoms with Crippen LogP contribution in [0.5, 0.6) is 5.75 Å². The van der Waals surface area contributed by atoms with Gasteiger partial charge in [-0.05, 0) is 24.1 Å². The second kappa shape index (κ2) is 7.75. The summed E-state index contributed by atoms with van der Waals surface area (Å²) in [5.41, 5.74) is 0.979. The van der Waals surface area contributed by atoms with Crippen LogP contribution in [0, 0.1) is 5.92 Å². The summed E-state index contributed by atoms with van der Waals surface area (Å²) in [5.74, 6) is 0.684. The first kappa shape index (κ1) is 14.6. The smallest absolute Gasteiger partial charge is 0.308 e. The van der Waals surface area contributed by atoms with Crippen molar-refractivity contribution in [1.82, 2.24) is 0 Å². The zero-order chi connectivity index (χ0) is 13.4. The van der Waals surface area contributed by atoms with Crippen molar-refractivity contribution in [2.24, 2.45) is 5.92 Å². The fraction of sp³-hybridized carbons (Fsp3) is 0.533. The van der Waals surface area contributed by atoms with Gasteiger partial charge in [0.05, 0.1) is 13.0 Å². The molecule has 0 fully saturated rings. The minimum atomic E-state index is -0.112. The van der Waals surface area contributed by atoms with Crippen molar-refractivity contribution in [3.05, 3.63) is 29.8 Å². The van der Waals surface area contributed by atoms with Crippen LogP contribution in [0.2, 0.25) is 0 Å². The molecule has 0 heterocycles. The molecule has 0 aliphatic carbocycles. The van der Waals surface area contributed by atoms with E-state index in [4.69, 9.17) is 9.47 Å². The lowest BCUT2D eigenvalue weighted by molar-refractivity contribution is -0.149. The Morgan fingerprint density at radius 1 is 1.28 bits per heavy atom. The highest BCUT2D eigenvalue weighted by Crippen LogP contribution is 2.14. The van der Waals surface area contributed by atoms with Crippen molar-refractivity contribution >= 4 is 5.97 Å². The first-order valence-corrected chi connectivity index (χ1v) is 6.47. The van der Waals surface area contributed by atoms with Gasteiger partial charge in [0.25, 0.3) is 0 Å². The van der Waals surface area contributed by atoms with Crippen LogP contribution in [0.1, 0.15) is 38.7 Å². The summed E-state index contributed by atoms with van der Waals surface area (Å²) in [4.78, 5) is 11.7. The van der Waals surface area contributed by atoms with E-state index in [1.807, 2.05) is 31.2 Å². The van der Waals surface area contributed by atoms with Crippen molar-refractivity contribution < 1.29 is 14.3 Å². The Balaban J connectivity index is 2.37. The lowest BCUT2D eigenvalue weighted by Gasteiger charge is -2.11. The molecule has 1 atom stereocenters. The molecule has 3 heteroatoms. The van der Waals surface area contributed by atoms with Gasteiger partial charge in [0, 0.05) is 0 Å². The normalized spacial score (nSPS) is 11.9. The molecule has 1 aromatic carbocycles. The Kier molecular flexibility index (Phi) is 6.26. The van der Waals surface area contributed by atoms with Crippen molar-refractivity contribution in [3.63, 3.8) is 0 Å². The van der Waals surface area contributed by atoms with Crippen LogP contribution >= 0.6 is 0 Å². The van der Waals surface area contributed by atoms with E-state index < -0.39 is 0 Å². The summed E-state index contributed by atoms with van der Waals surface area (Å²) in [7, 11) is 1.63. The maximum atomic E-state index is 11.7. The average molecular weight is 250 g/mol. The molecule has 0 N–H and O–H groups in total. The molecule has 0 radical (unpaired) electrons. The maximum absolute atomic E-state index is 11.7. The third kappa shape index (κ3) is 4.78. The van der Waals surface area contributed by atoms with Gasteiger partial charge in [-0.15, -0.1) is 0 Å². The number of carbonyl (C=O) groups is 1. The highest BCUT2D eigenvalue weighted by Gasteiger charge is 2.13. The predicted molar refractivity (Wildman–Crippen MR) is 71.5 cm³/mol. The molecule has 0 amide bonds. The molecular weight excluding hydrogens is 228 g/mol. The molecule has 0 saturated carbocycles. The molecule has 0 saturated heterocycles. The number of rotatable bonds is 7. The van der Waals surface area contributed by atoms with Gasteiger partial charge < -0.3 is 9.47 Å². The van der Waals surface area contributed by atoms with E-state index >= 15 is 0 Å². The minimum absolute atomic E-state index is 0.0109. The third-order valence-electron chi connectivity index (χ3n) is 2.93. The number of carbonyl (C=O) groups excluding carboxylic acids is 1. The molecule has 0 aliphatic rings. The monoisotopic (exact) mass is 250 g/mol. The molecule has 0 bridgehead atoms. The Labute approximate surface area is 109 Å². The van der Waals surface area contributed by atoms with Crippen LogP contribution < -0.4 is 4.74 Å². The molecule has 1 unspecified atom stereocenters. The van der Waals surface area contributed by atoms with Gasteiger partial charge in [-0.2, -0.15) is 0 Å². The van der Waals surface area contributed by atoms with Crippen LogP contribution in [-0.2, 0) is 16.1 Å². The van der Waals surface area contributed by atoms with E-state index in [0.717, 1.165) is 30.6 Å². The first-order valence-electron chi connectivity index (χ1n) is 6.47. The molecule has 0 spiro atoms. The number of hydrogen-bond donors (Lipinski definition) is 0. The number of benzene rings is 1. The number of hydrogen-bond acceptors (Lipinski definition) is 3. The molecule has 3 nitrogen and oxygen atoms in total. The van der Waals surface area contributed by atoms with Crippen LogP contribution in [0.15, 0.2) is 24.3 Å². The Morgan fingerprint density at radius 3 is 2.50 bits per heavy atom. The zero-order valence-electron chi connectivity index (χ0n) is 11.4. The van der Waals surface area contributed by atoms with Gasteiger partial charge >= 0.3 is 5.97 Å². The number of methoxy groups -OCH3 is 1. The summed E-state index contributed by atoms with van der Waals surface area (Å²) in [6.07, 6.45) is 3.08. The lowest BCUT2D eigenvalue weighted by atomic mass is 10.1. The second-order valence-electron chi connectivity index (χ2n) is 4.50. The standard InChI is InChI=1S/C15H22O3/c1-4-5-6-12(2)15(16)18-11-13-7-9-14(17-3)10-8-13/h7-10,12H,4-6,11H2,1-3H3. The van der Waals surface area contributed by atoms with Gasteiger partial charge in [-0.1, -0.05) is 38.8 Å². The average Bonchev–Trinajstić information content (AvgIpc) is 2.42. The van der Waals surface area contributed by atoms with Gasteiger partial charge in [-0.25, -0.2) is 0 Å². The first-order chi connectivity index (χ1) is 8.67. The quantitative estimate of drug-likeness (QED) is 0.694. The van der Waals surface area contributed by atoms with Crippen LogP contribution in [-0.4, -0.2) is 13.1 Å². The van der Waals surface area contributed by atoms with E-state index in [2.05, 4.69) is 6.92 Å². The third-order valence-corrected chi connectivity index (χ3v) is 2.93. The molecule has 1 aromatic rings. The molecule has 100 valence electrons. The highest BCUT2D eigenvalue weighted by molar-refractivity contribution is 5.71. The molecule has 1 rings (SSSR count). The van der Waals surface area contributed by atoms with E-state index in [1.54, 1.807) is 7.11 Å². The summed E-state index contributed by atoms with van der Waals surface area (Å²) in [6.45, 7) is 4.38. The fourth-order valence-corrected chi connectivity index (χ4v) is 1.65. The minimum Gasteiger partial charge on any atom is -0.497 e. The molecule has 18 heavy (non-hydrogen) atoms. The zero-order valence-corrected chi connectivity index (χ0v) is 11.4. The number of esters is 1. The van der Waals surface area contributed by atoms with Crippen LogP contribution in [0.4, 0.5) is 0 Å². The summed E-state index contributed by atoms with van der Waals surface area (Å²) < 4.78 is 10.4. The Morgan fingerprint density at radius 2 is 1.94 bits per heavy atom. The SMILES string of the molecule is CCCCC(C)C(=O)OCc1ccc(OC)cc1. The van der Waals surface area contributed by atoms with E-state index in [0.29, 0.717) is 6.61 Å². The molecule has 0 aromatic heterocycles. The van der Waals surface area contributed by atoms with Gasteiger partial charge in [0.2, 0.25) is 0 Å². The Hall–Kier alpha value is -1.51. The number of ether oxygens (including phenoxy) is 2. The van der Waals surface area contributed by atoms with E-state index in [9.17, 15) is 4.79 Å². The summed E-state index contributed by atoms with van der Waals surface area (Å²) in [5, 5.41) is 0.